The van der Waals surface area contributed by atoms with Crippen molar-refractivity contribution in [2.45, 2.75) is 57.3 Å². The van der Waals surface area contributed by atoms with Gasteiger partial charge in [0.15, 0.2) is 5.65 Å². The summed E-state index contributed by atoms with van der Waals surface area (Å²) in [7, 11) is 4.33. The van der Waals surface area contributed by atoms with Gasteiger partial charge in [-0.1, -0.05) is 19.6 Å². The molecule has 176 valence electrons. The number of benzene rings is 1. The molecule has 1 aliphatic carbocycles. The maximum absolute atomic E-state index is 9.82. The number of fused-ring (bicyclic) bond motifs is 1. The lowest BCUT2D eigenvalue weighted by Gasteiger charge is -2.33. The minimum Gasteiger partial charge on any atom is -0.370 e. The topological polar surface area (TPSA) is 89.8 Å². The number of nitrogens with one attached hydrogen (secondary N) is 3. The summed E-state index contributed by atoms with van der Waals surface area (Å²) < 4.78 is 1.85. The highest BCUT2D eigenvalue weighted by Gasteiger charge is 2.23. The first-order valence-corrected chi connectivity index (χ1v) is 11.7. The van der Waals surface area contributed by atoms with Crippen LogP contribution in [0.3, 0.4) is 0 Å². The number of aliphatic hydroxyl groups excluding tert-OH is 1. The fourth-order valence-electron chi connectivity index (χ4n) is 4.43. The Hall–Kier alpha value is -3.10. The summed E-state index contributed by atoms with van der Waals surface area (Å²) in [4.78, 5) is 7.24. The molecule has 0 bridgehead atoms. The maximum Gasteiger partial charge on any atom is 0.162 e. The molecule has 1 saturated carbocycles. The number of aliphatic hydroxyl groups is 1. The van der Waals surface area contributed by atoms with Crippen LogP contribution in [0.1, 0.15) is 38.2 Å². The monoisotopic (exact) mass is 449 g/mol. The molecular weight excluding hydrogens is 414 g/mol. The van der Waals surface area contributed by atoms with E-state index in [9.17, 15) is 5.11 Å². The van der Waals surface area contributed by atoms with Crippen molar-refractivity contribution in [3.63, 3.8) is 0 Å². The van der Waals surface area contributed by atoms with E-state index in [1.165, 1.54) is 18.9 Å². The van der Waals surface area contributed by atoms with E-state index in [4.69, 9.17) is 4.98 Å². The third-order valence-electron chi connectivity index (χ3n) is 6.38. The van der Waals surface area contributed by atoms with Crippen LogP contribution in [-0.4, -0.2) is 57.0 Å². The van der Waals surface area contributed by atoms with Crippen molar-refractivity contribution in [1.82, 2.24) is 19.5 Å². The number of hydrogen-bond donors (Lipinski definition) is 4. The third kappa shape index (κ3) is 5.46. The van der Waals surface area contributed by atoms with Gasteiger partial charge in [0.2, 0.25) is 0 Å². The standard InChI is InChI=1S/C25H35N7O/c1-5-17-16-26-32-23(28-19-8-7-9-20(14-19)29-24(33)6-2)15-22(30-25(17)32)27-18-10-12-21(13-11-18)31(3)4/h6-9,14-16,18,21,24,28-29,33H,2,5,10-13H2,1,3-4H3,(H,27,30)/t18-,21-,24?. The molecule has 8 nitrogen and oxygen atoms in total. The van der Waals surface area contributed by atoms with Crippen LogP contribution in [0.15, 0.2) is 49.2 Å². The molecule has 1 aromatic carbocycles. The summed E-state index contributed by atoms with van der Waals surface area (Å²) in [5.74, 6) is 1.70. The van der Waals surface area contributed by atoms with Crippen LogP contribution in [0.2, 0.25) is 0 Å². The Kier molecular flexibility index (Phi) is 7.15. The summed E-state index contributed by atoms with van der Waals surface area (Å²) in [5, 5.41) is 24.5. The fourth-order valence-corrected chi connectivity index (χ4v) is 4.43. The Balaban J connectivity index is 1.58. The van der Waals surface area contributed by atoms with Crippen molar-refractivity contribution in [3.05, 3.63) is 54.7 Å². The highest BCUT2D eigenvalue weighted by molar-refractivity contribution is 5.68. The van der Waals surface area contributed by atoms with Crippen LogP contribution < -0.4 is 16.0 Å². The van der Waals surface area contributed by atoms with Gasteiger partial charge in [0, 0.05) is 35.1 Å². The van der Waals surface area contributed by atoms with Crippen LogP contribution in [0.4, 0.5) is 23.0 Å². The largest absolute Gasteiger partial charge is 0.370 e. The minimum absolute atomic E-state index is 0.421. The van der Waals surface area contributed by atoms with Crippen LogP contribution >= 0.6 is 0 Å². The third-order valence-corrected chi connectivity index (χ3v) is 6.38. The number of anilines is 4. The summed E-state index contributed by atoms with van der Waals surface area (Å²) in [6.07, 6.45) is 8.07. The van der Waals surface area contributed by atoms with E-state index in [1.54, 1.807) is 0 Å². The van der Waals surface area contributed by atoms with Gasteiger partial charge in [0.1, 0.15) is 17.9 Å². The van der Waals surface area contributed by atoms with E-state index < -0.39 is 6.23 Å². The molecule has 1 fully saturated rings. The van der Waals surface area contributed by atoms with Crippen molar-refractivity contribution >= 4 is 28.7 Å². The van der Waals surface area contributed by atoms with Crippen LogP contribution in [0, 0.1) is 0 Å². The highest BCUT2D eigenvalue weighted by atomic mass is 16.3. The van der Waals surface area contributed by atoms with Crippen molar-refractivity contribution in [2.24, 2.45) is 0 Å². The molecule has 0 amide bonds. The fraction of sp³-hybridized carbons (Fsp3) is 0.440. The zero-order valence-electron chi connectivity index (χ0n) is 19.8. The first-order chi connectivity index (χ1) is 16.0. The second-order valence-electron chi connectivity index (χ2n) is 8.93. The van der Waals surface area contributed by atoms with Gasteiger partial charge in [-0.15, -0.1) is 0 Å². The molecule has 1 unspecified atom stereocenters. The SMILES string of the molecule is C=CC(O)Nc1cccc(Nc2cc(N[C@H]3CC[C@H](N(C)C)CC3)nc3c(CC)cnn23)c1. The molecule has 3 aromatic rings. The lowest BCUT2D eigenvalue weighted by Crippen LogP contribution is -2.36. The van der Waals surface area contributed by atoms with Gasteiger partial charge < -0.3 is 26.0 Å². The first-order valence-electron chi connectivity index (χ1n) is 11.7. The quantitative estimate of drug-likeness (QED) is 0.287. The van der Waals surface area contributed by atoms with Gasteiger partial charge in [-0.05, 0) is 70.5 Å². The molecule has 0 radical (unpaired) electrons. The maximum atomic E-state index is 9.82. The Morgan fingerprint density at radius 2 is 1.97 bits per heavy atom. The van der Waals surface area contributed by atoms with E-state index in [-0.39, 0.29) is 0 Å². The number of aromatic nitrogens is 3. The highest BCUT2D eigenvalue weighted by Crippen LogP contribution is 2.28. The Morgan fingerprint density at radius 3 is 2.67 bits per heavy atom. The summed E-state index contributed by atoms with van der Waals surface area (Å²) in [6.45, 7) is 5.73. The van der Waals surface area contributed by atoms with Crippen LogP contribution in [0.25, 0.3) is 5.65 Å². The zero-order valence-corrected chi connectivity index (χ0v) is 19.8. The minimum atomic E-state index is -0.801. The molecule has 0 aliphatic heterocycles. The van der Waals surface area contributed by atoms with Gasteiger partial charge in [-0.25, -0.2) is 4.98 Å². The Bertz CT molecular complexity index is 1090. The number of nitrogens with zero attached hydrogens (tertiary/aromatic N) is 4. The first kappa shape index (κ1) is 23.1. The average molecular weight is 450 g/mol. The smallest absolute Gasteiger partial charge is 0.162 e. The van der Waals surface area contributed by atoms with Crippen LogP contribution in [0.5, 0.6) is 0 Å². The lowest BCUT2D eigenvalue weighted by atomic mass is 9.90. The van der Waals surface area contributed by atoms with E-state index in [1.807, 2.05) is 41.0 Å². The van der Waals surface area contributed by atoms with E-state index in [2.05, 4.69) is 53.5 Å². The molecule has 1 atom stereocenters. The molecular formula is C25H35N7O. The van der Waals surface area contributed by atoms with Crippen molar-refractivity contribution in [1.29, 1.82) is 0 Å². The van der Waals surface area contributed by atoms with E-state index >= 15 is 0 Å². The Morgan fingerprint density at radius 1 is 1.21 bits per heavy atom. The summed E-state index contributed by atoms with van der Waals surface area (Å²) in [5.41, 5.74) is 3.66. The van der Waals surface area contributed by atoms with Crippen molar-refractivity contribution in [2.75, 3.05) is 30.0 Å². The predicted molar refractivity (Wildman–Crippen MR) is 135 cm³/mol. The van der Waals surface area contributed by atoms with Gasteiger partial charge in [0.25, 0.3) is 0 Å². The van der Waals surface area contributed by atoms with Gasteiger partial charge >= 0.3 is 0 Å². The molecule has 4 rings (SSSR count). The second-order valence-corrected chi connectivity index (χ2v) is 8.93. The van der Waals surface area contributed by atoms with Gasteiger partial charge in [0.05, 0.1) is 6.20 Å². The predicted octanol–water partition coefficient (Wildman–Crippen LogP) is 4.24. The van der Waals surface area contributed by atoms with Crippen LogP contribution in [-0.2, 0) is 6.42 Å². The summed E-state index contributed by atoms with van der Waals surface area (Å²) >= 11 is 0. The molecule has 8 heteroatoms. The molecule has 0 saturated heterocycles. The lowest BCUT2D eigenvalue weighted by molar-refractivity contribution is 0.221. The normalized spacial score (nSPS) is 19.4. The molecule has 2 aromatic heterocycles. The number of rotatable bonds is 9. The second kappa shape index (κ2) is 10.2. The zero-order chi connectivity index (χ0) is 23.4. The summed E-state index contributed by atoms with van der Waals surface area (Å²) in [6, 6.07) is 10.9. The van der Waals surface area contributed by atoms with Crippen molar-refractivity contribution < 1.29 is 5.11 Å². The van der Waals surface area contributed by atoms with Gasteiger partial charge in [-0.3, -0.25) is 0 Å². The number of hydrogen-bond acceptors (Lipinski definition) is 7. The molecule has 0 spiro atoms. The number of aryl methyl sites for hydroxylation is 1. The molecule has 4 N–H and O–H groups in total. The molecule has 33 heavy (non-hydrogen) atoms. The Labute approximate surface area is 195 Å². The molecule has 2 heterocycles. The van der Waals surface area contributed by atoms with E-state index in [0.717, 1.165) is 53.5 Å². The van der Waals surface area contributed by atoms with Gasteiger partial charge in [-0.2, -0.15) is 9.61 Å². The van der Waals surface area contributed by atoms with Crippen molar-refractivity contribution in [3.8, 4) is 0 Å². The molecule has 1 aliphatic rings. The van der Waals surface area contributed by atoms with E-state index in [0.29, 0.717) is 12.1 Å². The average Bonchev–Trinajstić information content (AvgIpc) is 3.23.